The van der Waals surface area contributed by atoms with E-state index in [0.29, 0.717) is 16.3 Å². The van der Waals surface area contributed by atoms with Crippen LogP contribution in [-0.4, -0.2) is 22.6 Å². The fourth-order valence-electron chi connectivity index (χ4n) is 1.81. The third kappa shape index (κ3) is 4.65. The Balaban J connectivity index is 2.09. The number of halogens is 1. The van der Waals surface area contributed by atoms with Gasteiger partial charge in [-0.15, -0.1) is 11.8 Å². The molecule has 0 aliphatic rings. The normalized spacial score (nSPS) is 12.0. The van der Waals surface area contributed by atoms with Crippen LogP contribution in [-0.2, 0) is 4.79 Å². The number of benzene rings is 1. The highest BCUT2D eigenvalue weighted by Gasteiger charge is 2.21. The van der Waals surface area contributed by atoms with E-state index in [2.05, 4.69) is 0 Å². The lowest BCUT2D eigenvalue weighted by atomic mass is 10.1. The van der Waals surface area contributed by atoms with Crippen LogP contribution < -0.4 is 0 Å². The van der Waals surface area contributed by atoms with Crippen molar-refractivity contribution in [1.29, 1.82) is 0 Å². The van der Waals surface area contributed by atoms with Gasteiger partial charge in [-0.3, -0.25) is 9.59 Å². The van der Waals surface area contributed by atoms with Gasteiger partial charge in [-0.2, -0.15) is 0 Å². The number of hydrogen-bond donors (Lipinski definition) is 1. The maximum atomic E-state index is 12.3. The van der Waals surface area contributed by atoms with Gasteiger partial charge in [-0.05, 0) is 36.4 Å². The average Bonchev–Trinajstić information content (AvgIpc) is 2.97. The molecule has 1 atom stereocenters. The summed E-state index contributed by atoms with van der Waals surface area (Å²) in [5.41, 5.74) is 0.548. The minimum atomic E-state index is -0.921. The number of ketones is 1. The van der Waals surface area contributed by atoms with Crippen molar-refractivity contribution >= 4 is 35.1 Å². The van der Waals surface area contributed by atoms with Crippen LogP contribution in [0.15, 0.2) is 47.1 Å². The van der Waals surface area contributed by atoms with Gasteiger partial charge in [0.1, 0.15) is 5.76 Å². The zero-order valence-corrected chi connectivity index (χ0v) is 12.6. The number of Topliss-reactive ketones (excluding diaryl/α,β-unsaturated/α-hetero) is 1. The van der Waals surface area contributed by atoms with E-state index in [-0.39, 0.29) is 23.2 Å². The minimum absolute atomic E-state index is 0.0778. The maximum Gasteiger partial charge on any atom is 0.313 e. The third-order valence-corrected chi connectivity index (χ3v) is 4.27. The van der Waals surface area contributed by atoms with Gasteiger partial charge in [-0.1, -0.05) is 11.6 Å². The third-order valence-electron chi connectivity index (χ3n) is 2.81. The summed E-state index contributed by atoms with van der Waals surface area (Å²) in [5.74, 6) is -0.482. The SMILES string of the molecule is O=C(O)CSC(CC(=O)c1ccc(Cl)cc1)c1ccco1. The van der Waals surface area contributed by atoms with Crippen LogP contribution in [0.2, 0.25) is 5.02 Å². The molecule has 2 aromatic rings. The highest BCUT2D eigenvalue weighted by molar-refractivity contribution is 8.00. The second-order valence-electron chi connectivity index (χ2n) is 4.34. The monoisotopic (exact) mass is 324 g/mol. The Morgan fingerprint density at radius 3 is 2.52 bits per heavy atom. The van der Waals surface area contributed by atoms with Gasteiger partial charge in [0.15, 0.2) is 5.78 Å². The number of carbonyl (C=O) groups excluding carboxylic acids is 1. The predicted molar refractivity (Wildman–Crippen MR) is 81.9 cm³/mol. The Kier molecular flexibility index (Phi) is 5.47. The van der Waals surface area contributed by atoms with E-state index in [1.165, 1.54) is 18.0 Å². The van der Waals surface area contributed by atoms with E-state index < -0.39 is 5.97 Å². The lowest BCUT2D eigenvalue weighted by Gasteiger charge is -2.12. The lowest BCUT2D eigenvalue weighted by molar-refractivity contribution is -0.133. The molecule has 1 aromatic carbocycles. The molecule has 6 heteroatoms. The van der Waals surface area contributed by atoms with Crippen LogP contribution >= 0.6 is 23.4 Å². The van der Waals surface area contributed by atoms with Gasteiger partial charge < -0.3 is 9.52 Å². The molecule has 1 heterocycles. The van der Waals surface area contributed by atoms with Gasteiger partial charge in [0.2, 0.25) is 0 Å². The summed E-state index contributed by atoms with van der Waals surface area (Å²) in [4.78, 5) is 23.0. The number of hydrogen-bond acceptors (Lipinski definition) is 4. The van der Waals surface area contributed by atoms with E-state index in [4.69, 9.17) is 21.1 Å². The van der Waals surface area contributed by atoms with Crippen LogP contribution in [0.5, 0.6) is 0 Å². The van der Waals surface area contributed by atoms with Gasteiger partial charge in [0.25, 0.3) is 0 Å². The molecule has 1 unspecified atom stereocenters. The molecule has 0 aliphatic heterocycles. The molecule has 110 valence electrons. The van der Waals surface area contributed by atoms with Crippen LogP contribution in [0.4, 0.5) is 0 Å². The molecular weight excluding hydrogens is 312 g/mol. The number of carboxylic acids is 1. The molecule has 0 saturated heterocycles. The van der Waals surface area contributed by atoms with Crippen molar-refractivity contribution in [1.82, 2.24) is 0 Å². The molecule has 1 N–H and O–H groups in total. The maximum absolute atomic E-state index is 12.3. The number of carbonyl (C=O) groups is 2. The van der Waals surface area contributed by atoms with Crippen LogP contribution in [0, 0.1) is 0 Å². The summed E-state index contributed by atoms with van der Waals surface area (Å²) < 4.78 is 5.30. The molecule has 21 heavy (non-hydrogen) atoms. The van der Waals surface area contributed by atoms with Crippen LogP contribution in [0.3, 0.4) is 0 Å². The zero-order valence-electron chi connectivity index (χ0n) is 11.0. The number of carboxylic acid groups (broad SMARTS) is 1. The second kappa shape index (κ2) is 7.33. The van der Waals surface area contributed by atoms with Gasteiger partial charge in [-0.25, -0.2) is 0 Å². The highest BCUT2D eigenvalue weighted by atomic mass is 35.5. The van der Waals surface area contributed by atoms with Crippen molar-refractivity contribution in [2.24, 2.45) is 0 Å². The van der Waals surface area contributed by atoms with E-state index in [1.54, 1.807) is 36.4 Å². The zero-order chi connectivity index (χ0) is 15.2. The Labute approximate surface area is 131 Å². The van der Waals surface area contributed by atoms with Gasteiger partial charge in [0.05, 0.1) is 17.3 Å². The summed E-state index contributed by atoms with van der Waals surface area (Å²) >= 11 is 6.97. The number of furan rings is 1. The molecular formula is C15H13ClO4S. The quantitative estimate of drug-likeness (QED) is 0.778. The van der Waals surface area contributed by atoms with Crippen LogP contribution in [0.25, 0.3) is 0 Å². The Bertz CT molecular complexity index is 607. The van der Waals surface area contributed by atoms with E-state index in [1.807, 2.05) is 0 Å². The average molecular weight is 325 g/mol. The molecule has 0 amide bonds. The number of thioether (sulfide) groups is 1. The Morgan fingerprint density at radius 2 is 1.95 bits per heavy atom. The molecule has 2 rings (SSSR count). The minimum Gasteiger partial charge on any atom is -0.481 e. The summed E-state index contributed by atoms with van der Waals surface area (Å²) in [7, 11) is 0. The summed E-state index contributed by atoms with van der Waals surface area (Å²) in [6.45, 7) is 0. The Morgan fingerprint density at radius 1 is 1.24 bits per heavy atom. The van der Waals surface area contributed by atoms with E-state index in [0.717, 1.165) is 0 Å². The van der Waals surface area contributed by atoms with Gasteiger partial charge in [0, 0.05) is 17.0 Å². The van der Waals surface area contributed by atoms with Gasteiger partial charge >= 0.3 is 5.97 Å². The predicted octanol–water partition coefficient (Wildman–Crippen LogP) is 4.06. The molecule has 4 nitrogen and oxygen atoms in total. The highest BCUT2D eigenvalue weighted by Crippen LogP contribution is 2.33. The number of aliphatic carboxylic acids is 1. The van der Waals surface area contributed by atoms with E-state index >= 15 is 0 Å². The van der Waals surface area contributed by atoms with Crippen molar-refractivity contribution in [3.8, 4) is 0 Å². The van der Waals surface area contributed by atoms with E-state index in [9.17, 15) is 9.59 Å². The van der Waals surface area contributed by atoms with Crippen molar-refractivity contribution in [3.05, 3.63) is 59.0 Å². The molecule has 0 fully saturated rings. The topological polar surface area (TPSA) is 67.5 Å². The molecule has 0 saturated carbocycles. The fourth-order valence-corrected chi connectivity index (χ4v) is 2.85. The summed E-state index contributed by atoms with van der Waals surface area (Å²) in [6.07, 6.45) is 1.68. The van der Waals surface area contributed by atoms with Crippen molar-refractivity contribution in [2.45, 2.75) is 11.7 Å². The number of rotatable bonds is 7. The molecule has 0 spiro atoms. The van der Waals surface area contributed by atoms with Crippen LogP contribution in [0.1, 0.15) is 27.8 Å². The fraction of sp³-hybridized carbons (Fsp3) is 0.200. The molecule has 0 aliphatic carbocycles. The summed E-state index contributed by atoms with van der Waals surface area (Å²) in [5, 5.41) is 9.03. The molecule has 0 radical (unpaired) electrons. The smallest absolute Gasteiger partial charge is 0.313 e. The first-order chi connectivity index (χ1) is 10.1. The second-order valence-corrected chi connectivity index (χ2v) is 5.97. The first-order valence-electron chi connectivity index (χ1n) is 6.22. The molecule has 1 aromatic heterocycles. The lowest BCUT2D eigenvalue weighted by Crippen LogP contribution is -2.08. The van der Waals surface area contributed by atoms with Crippen molar-refractivity contribution in [2.75, 3.05) is 5.75 Å². The van der Waals surface area contributed by atoms with Crippen molar-refractivity contribution in [3.63, 3.8) is 0 Å². The summed E-state index contributed by atoms with van der Waals surface area (Å²) in [6, 6.07) is 10.1. The largest absolute Gasteiger partial charge is 0.481 e. The molecule has 0 bridgehead atoms. The Hall–Kier alpha value is -1.72. The first kappa shape index (κ1) is 15.7. The standard InChI is InChI=1S/C15H13ClO4S/c16-11-5-3-10(4-6-11)12(17)8-14(21-9-15(18)19)13-2-1-7-20-13/h1-7,14H,8-9H2,(H,18,19). The first-order valence-corrected chi connectivity index (χ1v) is 7.64. The van der Waals surface area contributed by atoms with Crippen molar-refractivity contribution < 1.29 is 19.1 Å².